The summed E-state index contributed by atoms with van der Waals surface area (Å²) in [5.41, 5.74) is 6.03. The molecule has 1 aromatic rings. The highest BCUT2D eigenvalue weighted by Crippen LogP contribution is 2.12. The van der Waals surface area contributed by atoms with Crippen LogP contribution in [0.5, 0.6) is 0 Å². The second kappa shape index (κ2) is 6.90. The van der Waals surface area contributed by atoms with Crippen molar-refractivity contribution in [2.75, 3.05) is 26.2 Å². The highest BCUT2D eigenvalue weighted by Gasteiger charge is 2.27. The van der Waals surface area contributed by atoms with Crippen molar-refractivity contribution in [3.63, 3.8) is 0 Å². The van der Waals surface area contributed by atoms with Gasteiger partial charge in [-0.15, -0.1) is 0 Å². The monoisotopic (exact) mass is 279 g/mol. The Labute approximate surface area is 120 Å². The third-order valence-corrected chi connectivity index (χ3v) is 4.19. The van der Waals surface area contributed by atoms with Crippen LogP contribution >= 0.6 is 0 Å². The Hall–Kier alpha value is -1.33. The molecule has 0 radical (unpaired) electrons. The maximum Gasteiger partial charge on any atom is 0.239 e. The van der Waals surface area contributed by atoms with E-state index in [1.165, 1.54) is 0 Å². The van der Waals surface area contributed by atoms with Gasteiger partial charge < -0.3 is 15.1 Å². The lowest BCUT2D eigenvalue weighted by atomic mass is 9.98. The molecule has 1 aromatic heterocycles. The van der Waals surface area contributed by atoms with Gasteiger partial charge in [-0.2, -0.15) is 0 Å². The average Bonchev–Trinajstić information content (AvgIpc) is 2.98. The van der Waals surface area contributed by atoms with Crippen molar-refractivity contribution in [1.82, 2.24) is 9.80 Å². The van der Waals surface area contributed by atoms with Crippen molar-refractivity contribution in [2.24, 2.45) is 11.7 Å². The number of carbonyl (C=O) groups excluding carboxylic acids is 1. The molecular weight excluding hydrogens is 254 g/mol. The fraction of sp³-hybridized carbons (Fsp3) is 0.667. The predicted octanol–water partition coefficient (Wildman–Crippen LogP) is 1.30. The van der Waals surface area contributed by atoms with Gasteiger partial charge in [0.05, 0.1) is 18.8 Å². The molecule has 0 bridgehead atoms. The minimum absolute atomic E-state index is 0.0944. The van der Waals surface area contributed by atoms with E-state index in [2.05, 4.69) is 11.8 Å². The molecule has 2 rings (SSSR count). The van der Waals surface area contributed by atoms with Crippen LogP contribution in [-0.4, -0.2) is 47.9 Å². The minimum Gasteiger partial charge on any atom is -0.468 e. The average molecular weight is 279 g/mol. The van der Waals surface area contributed by atoms with Gasteiger partial charge in [-0.25, -0.2) is 0 Å². The summed E-state index contributed by atoms with van der Waals surface area (Å²) in [6.45, 7) is 8.17. The first kappa shape index (κ1) is 15.1. The Morgan fingerprint density at radius 3 is 2.65 bits per heavy atom. The number of furan rings is 1. The highest BCUT2D eigenvalue weighted by molar-refractivity contribution is 5.82. The van der Waals surface area contributed by atoms with Crippen molar-refractivity contribution in [3.05, 3.63) is 24.2 Å². The van der Waals surface area contributed by atoms with Crippen LogP contribution < -0.4 is 5.73 Å². The lowest BCUT2D eigenvalue weighted by Crippen LogP contribution is -2.54. The summed E-state index contributed by atoms with van der Waals surface area (Å²) in [4.78, 5) is 16.5. The van der Waals surface area contributed by atoms with Crippen molar-refractivity contribution < 1.29 is 9.21 Å². The van der Waals surface area contributed by atoms with Crippen LogP contribution in [-0.2, 0) is 11.3 Å². The molecule has 2 unspecified atom stereocenters. The van der Waals surface area contributed by atoms with Crippen LogP contribution in [0.25, 0.3) is 0 Å². The van der Waals surface area contributed by atoms with Gasteiger partial charge in [0, 0.05) is 26.2 Å². The van der Waals surface area contributed by atoms with Crippen molar-refractivity contribution in [2.45, 2.75) is 32.9 Å². The number of nitrogens with two attached hydrogens (primary N) is 1. The van der Waals surface area contributed by atoms with E-state index >= 15 is 0 Å². The lowest BCUT2D eigenvalue weighted by molar-refractivity contribution is -0.135. The van der Waals surface area contributed by atoms with Crippen LogP contribution in [0.1, 0.15) is 26.0 Å². The molecule has 0 saturated carbocycles. The molecule has 2 N–H and O–H groups in total. The fourth-order valence-electron chi connectivity index (χ4n) is 2.46. The molecular formula is C15H25N3O2. The molecule has 5 heteroatoms. The Balaban J connectivity index is 1.80. The molecule has 1 saturated heterocycles. The van der Waals surface area contributed by atoms with E-state index in [4.69, 9.17) is 10.2 Å². The smallest absolute Gasteiger partial charge is 0.239 e. The van der Waals surface area contributed by atoms with Crippen molar-refractivity contribution >= 4 is 5.91 Å². The Bertz CT molecular complexity index is 411. The minimum atomic E-state index is -0.364. The molecule has 5 nitrogen and oxygen atoms in total. The van der Waals surface area contributed by atoms with Gasteiger partial charge >= 0.3 is 0 Å². The molecule has 0 aliphatic carbocycles. The standard InChI is InChI=1S/C15H25N3O2/c1-3-12(2)14(16)15(19)18-8-6-17(7-9-18)11-13-5-4-10-20-13/h4-5,10,12,14H,3,6-9,11,16H2,1-2H3. The van der Waals surface area contributed by atoms with Crippen LogP contribution in [0, 0.1) is 5.92 Å². The molecule has 1 aliphatic rings. The molecule has 0 aromatic carbocycles. The van der Waals surface area contributed by atoms with E-state index in [1.54, 1.807) is 6.26 Å². The summed E-state index contributed by atoms with van der Waals surface area (Å²) < 4.78 is 5.35. The lowest BCUT2D eigenvalue weighted by Gasteiger charge is -2.36. The molecule has 2 heterocycles. The van der Waals surface area contributed by atoms with E-state index in [9.17, 15) is 4.79 Å². The van der Waals surface area contributed by atoms with E-state index in [0.717, 1.165) is 44.9 Å². The van der Waals surface area contributed by atoms with Crippen LogP contribution in [0.4, 0.5) is 0 Å². The zero-order valence-corrected chi connectivity index (χ0v) is 12.4. The molecule has 20 heavy (non-hydrogen) atoms. The first-order valence-corrected chi connectivity index (χ1v) is 7.41. The van der Waals surface area contributed by atoms with Crippen molar-refractivity contribution in [3.8, 4) is 0 Å². The van der Waals surface area contributed by atoms with Gasteiger partial charge in [0.2, 0.25) is 5.91 Å². The molecule has 0 spiro atoms. The molecule has 1 amide bonds. The zero-order valence-electron chi connectivity index (χ0n) is 12.4. The largest absolute Gasteiger partial charge is 0.468 e. The van der Waals surface area contributed by atoms with Gasteiger partial charge in [-0.3, -0.25) is 9.69 Å². The number of nitrogens with zero attached hydrogens (tertiary/aromatic N) is 2. The van der Waals surface area contributed by atoms with Gasteiger partial charge in [0.1, 0.15) is 5.76 Å². The predicted molar refractivity (Wildman–Crippen MR) is 78.0 cm³/mol. The van der Waals surface area contributed by atoms with E-state index < -0.39 is 0 Å². The van der Waals surface area contributed by atoms with Crippen LogP contribution in [0.3, 0.4) is 0 Å². The number of hydrogen-bond acceptors (Lipinski definition) is 4. The first-order valence-electron chi connectivity index (χ1n) is 7.41. The maximum atomic E-state index is 12.3. The number of piperazine rings is 1. The van der Waals surface area contributed by atoms with Gasteiger partial charge in [-0.05, 0) is 18.1 Å². The van der Waals surface area contributed by atoms with Gasteiger partial charge in [0.25, 0.3) is 0 Å². The third kappa shape index (κ3) is 3.61. The molecule has 112 valence electrons. The molecule has 2 atom stereocenters. The first-order chi connectivity index (χ1) is 9.61. The fourth-order valence-corrected chi connectivity index (χ4v) is 2.46. The van der Waals surface area contributed by atoms with Crippen molar-refractivity contribution in [1.29, 1.82) is 0 Å². The summed E-state index contributed by atoms with van der Waals surface area (Å²) in [5, 5.41) is 0. The second-order valence-electron chi connectivity index (χ2n) is 5.59. The van der Waals surface area contributed by atoms with E-state index in [-0.39, 0.29) is 17.9 Å². The molecule has 1 fully saturated rings. The number of rotatable bonds is 5. The zero-order chi connectivity index (χ0) is 14.5. The second-order valence-corrected chi connectivity index (χ2v) is 5.59. The van der Waals surface area contributed by atoms with Gasteiger partial charge in [-0.1, -0.05) is 20.3 Å². The van der Waals surface area contributed by atoms with Crippen LogP contribution in [0.15, 0.2) is 22.8 Å². The Morgan fingerprint density at radius 2 is 2.10 bits per heavy atom. The quantitative estimate of drug-likeness (QED) is 0.882. The number of carbonyl (C=O) groups is 1. The Morgan fingerprint density at radius 1 is 1.40 bits per heavy atom. The summed E-state index contributed by atoms with van der Waals surface area (Å²) in [6.07, 6.45) is 2.63. The van der Waals surface area contributed by atoms with Gasteiger partial charge in [0.15, 0.2) is 0 Å². The van der Waals surface area contributed by atoms with E-state index in [1.807, 2.05) is 24.0 Å². The summed E-state index contributed by atoms with van der Waals surface area (Å²) in [6, 6.07) is 3.52. The Kier molecular flexibility index (Phi) is 5.20. The van der Waals surface area contributed by atoms with E-state index in [0.29, 0.717) is 0 Å². The van der Waals surface area contributed by atoms with Crippen LogP contribution in [0.2, 0.25) is 0 Å². The number of amides is 1. The molecule has 1 aliphatic heterocycles. The summed E-state index contributed by atoms with van der Waals surface area (Å²) >= 11 is 0. The normalized spacial score (nSPS) is 19.9. The number of hydrogen-bond donors (Lipinski definition) is 1. The SMILES string of the molecule is CCC(C)C(N)C(=O)N1CCN(Cc2ccco2)CC1. The topological polar surface area (TPSA) is 62.7 Å². The highest BCUT2D eigenvalue weighted by atomic mass is 16.3. The third-order valence-electron chi connectivity index (χ3n) is 4.19. The summed E-state index contributed by atoms with van der Waals surface area (Å²) in [7, 11) is 0. The maximum absolute atomic E-state index is 12.3. The summed E-state index contributed by atoms with van der Waals surface area (Å²) in [5.74, 6) is 1.31.